The summed E-state index contributed by atoms with van der Waals surface area (Å²) in [6, 6.07) is 0. The van der Waals surface area contributed by atoms with E-state index in [2.05, 4.69) is 45.9 Å². The summed E-state index contributed by atoms with van der Waals surface area (Å²) in [4.78, 5) is 0. The van der Waals surface area contributed by atoms with E-state index in [1.807, 2.05) is 0 Å². The van der Waals surface area contributed by atoms with Crippen LogP contribution in [0.15, 0.2) is 34.9 Å². The van der Waals surface area contributed by atoms with Crippen LogP contribution in [0.4, 0.5) is 0 Å². The molecule has 0 aromatic carbocycles. The Morgan fingerprint density at radius 1 is 1.00 bits per heavy atom. The zero-order valence-corrected chi connectivity index (χ0v) is 12.1. The van der Waals surface area contributed by atoms with Crippen molar-refractivity contribution in [2.75, 3.05) is 0 Å². The van der Waals surface area contributed by atoms with Crippen LogP contribution in [0, 0.1) is 5.92 Å². The largest absolute Gasteiger partial charge is 0.0853 e. The van der Waals surface area contributed by atoms with Crippen LogP contribution in [0.1, 0.15) is 66.2 Å². The van der Waals surface area contributed by atoms with Gasteiger partial charge in [0.25, 0.3) is 0 Å². The molecule has 17 heavy (non-hydrogen) atoms. The molecule has 0 heteroatoms. The molecule has 0 bridgehead atoms. The van der Waals surface area contributed by atoms with Crippen molar-refractivity contribution in [1.82, 2.24) is 0 Å². The molecule has 0 aromatic heterocycles. The molecule has 0 amide bonds. The van der Waals surface area contributed by atoms with Crippen LogP contribution in [-0.2, 0) is 0 Å². The van der Waals surface area contributed by atoms with Gasteiger partial charge in [0, 0.05) is 0 Å². The third kappa shape index (κ3) is 5.39. The summed E-state index contributed by atoms with van der Waals surface area (Å²) < 4.78 is 0. The maximum Gasteiger partial charge on any atom is -0.0164 e. The van der Waals surface area contributed by atoms with Crippen molar-refractivity contribution < 1.29 is 0 Å². The van der Waals surface area contributed by atoms with Crippen LogP contribution in [0.3, 0.4) is 0 Å². The van der Waals surface area contributed by atoms with Crippen molar-refractivity contribution in [3.8, 4) is 0 Å². The second kappa shape index (κ2) is 7.53. The standard InChI is InChI=1S/C17H28/c1-5-17-13-12-15(3)9-6-8-14(2)10-7-11-16(17)4/h9-11,17H,5-8,12-13H2,1-4H3/b14-10-,15-9-,16-11+. The van der Waals surface area contributed by atoms with Crippen molar-refractivity contribution >= 4 is 0 Å². The number of allylic oxidation sites excluding steroid dienone is 6. The van der Waals surface area contributed by atoms with Gasteiger partial charge < -0.3 is 0 Å². The van der Waals surface area contributed by atoms with Gasteiger partial charge in [-0.15, -0.1) is 0 Å². The Morgan fingerprint density at radius 2 is 1.71 bits per heavy atom. The summed E-state index contributed by atoms with van der Waals surface area (Å²) in [5.41, 5.74) is 4.70. The maximum absolute atomic E-state index is 2.44. The fraction of sp³-hybridized carbons (Fsp3) is 0.647. The second-order valence-corrected chi connectivity index (χ2v) is 5.47. The lowest BCUT2D eigenvalue weighted by atomic mass is 9.89. The number of rotatable bonds is 1. The topological polar surface area (TPSA) is 0 Å². The fourth-order valence-corrected chi connectivity index (χ4v) is 2.52. The molecule has 0 nitrogen and oxygen atoms in total. The molecule has 0 radical (unpaired) electrons. The third-order valence-electron chi connectivity index (χ3n) is 3.96. The quantitative estimate of drug-likeness (QED) is 0.500. The Bertz CT molecular complexity index is 315. The van der Waals surface area contributed by atoms with Gasteiger partial charge in [-0.1, -0.05) is 41.9 Å². The first kappa shape index (κ1) is 14.3. The fourth-order valence-electron chi connectivity index (χ4n) is 2.52. The first-order chi connectivity index (χ1) is 8.13. The normalized spacial score (nSPS) is 33.2. The molecule has 1 atom stereocenters. The molecule has 0 aliphatic heterocycles. The van der Waals surface area contributed by atoms with Crippen molar-refractivity contribution in [2.45, 2.75) is 66.2 Å². The summed E-state index contributed by atoms with van der Waals surface area (Å²) in [5.74, 6) is 0.784. The van der Waals surface area contributed by atoms with Gasteiger partial charge in [0.2, 0.25) is 0 Å². The highest BCUT2D eigenvalue weighted by Crippen LogP contribution is 2.24. The zero-order valence-electron chi connectivity index (χ0n) is 12.1. The van der Waals surface area contributed by atoms with E-state index in [0.717, 1.165) is 12.3 Å². The van der Waals surface area contributed by atoms with E-state index in [1.165, 1.54) is 37.7 Å². The minimum atomic E-state index is 0.784. The van der Waals surface area contributed by atoms with Gasteiger partial charge in [0.1, 0.15) is 0 Å². The zero-order chi connectivity index (χ0) is 12.7. The van der Waals surface area contributed by atoms with Gasteiger partial charge in [0.15, 0.2) is 0 Å². The van der Waals surface area contributed by atoms with Gasteiger partial charge in [-0.3, -0.25) is 0 Å². The Hall–Kier alpha value is -0.780. The minimum absolute atomic E-state index is 0.784. The molecule has 1 rings (SSSR count). The lowest BCUT2D eigenvalue weighted by Crippen LogP contribution is -2.01. The highest BCUT2D eigenvalue weighted by atomic mass is 14.1. The number of hydrogen-bond acceptors (Lipinski definition) is 0. The molecule has 0 N–H and O–H groups in total. The van der Waals surface area contributed by atoms with E-state index in [4.69, 9.17) is 0 Å². The average Bonchev–Trinajstić information content (AvgIpc) is 2.28. The van der Waals surface area contributed by atoms with Crippen molar-refractivity contribution in [3.63, 3.8) is 0 Å². The number of hydrogen-bond donors (Lipinski definition) is 0. The van der Waals surface area contributed by atoms with Gasteiger partial charge in [-0.05, 0) is 65.2 Å². The van der Waals surface area contributed by atoms with Crippen LogP contribution in [0.25, 0.3) is 0 Å². The Kier molecular flexibility index (Phi) is 6.32. The molecule has 0 aromatic rings. The Morgan fingerprint density at radius 3 is 2.41 bits per heavy atom. The lowest BCUT2D eigenvalue weighted by Gasteiger charge is -2.16. The molecule has 96 valence electrons. The van der Waals surface area contributed by atoms with Crippen molar-refractivity contribution in [1.29, 1.82) is 0 Å². The van der Waals surface area contributed by atoms with E-state index in [-0.39, 0.29) is 0 Å². The Labute approximate surface area is 108 Å². The summed E-state index contributed by atoms with van der Waals surface area (Å²) in [5, 5.41) is 0. The van der Waals surface area contributed by atoms with Gasteiger partial charge in [-0.25, -0.2) is 0 Å². The van der Waals surface area contributed by atoms with Crippen LogP contribution in [0.2, 0.25) is 0 Å². The molecular weight excluding hydrogens is 204 g/mol. The van der Waals surface area contributed by atoms with Crippen molar-refractivity contribution in [3.05, 3.63) is 34.9 Å². The molecule has 0 saturated heterocycles. The monoisotopic (exact) mass is 232 g/mol. The molecule has 0 spiro atoms. The molecule has 1 aliphatic rings. The van der Waals surface area contributed by atoms with E-state index in [9.17, 15) is 0 Å². The minimum Gasteiger partial charge on any atom is -0.0853 e. The first-order valence-corrected chi connectivity index (χ1v) is 7.11. The lowest BCUT2D eigenvalue weighted by molar-refractivity contribution is 0.538. The van der Waals surface area contributed by atoms with E-state index in [1.54, 1.807) is 11.1 Å². The van der Waals surface area contributed by atoms with E-state index in [0.29, 0.717) is 0 Å². The van der Waals surface area contributed by atoms with Crippen LogP contribution in [-0.4, -0.2) is 0 Å². The predicted octanol–water partition coefficient (Wildman–Crippen LogP) is 5.82. The van der Waals surface area contributed by atoms with Gasteiger partial charge in [-0.2, -0.15) is 0 Å². The summed E-state index contributed by atoms with van der Waals surface area (Å²) in [6.45, 7) is 9.17. The summed E-state index contributed by atoms with van der Waals surface area (Å²) in [7, 11) is 0. The van der Waals surface area contributed by atoms with Gasteiger partial charge in [0.05, 0.1) is 0 Å². The Balaban J connectivity index is 2.78. The summed E-state index contributed by atoms with van der Waals surface area (Å²) in [6.07, 6.45) is 14.7. The molecular formula is C17H28. The molecule has 0 fully saturated rings. The first-order valence-electron chi connectivity index (χ1n) is 7.11. The van der Waals surface area contributed by atoms with Crippen LogP contribution < -0.4 is 0 Å². The second-order valence-electron chi connectivity index (χ2n) is 5.47. The SMILES string of the molecule is CCC1CC/C(C)=C\CC/C(C)=C\C/C=C/1C. The highest BCUT2D eigenvalue weighted by molar-refractivity contribution is 5.11. The molecule has 0 heterocycles. The predicted molar refractivity (Wildman–Crippen MR) is 78.1 cm³/mol. The molecule has 1 unspecified atom stereocenters. The van der Waals surface area contributed by atoms with Crippen LogP contribution >= 0.6 is 0 Å². The molecule has 0 saturated carbocycles. The van der Waals surface area contributed by atoms with Crippen molar-refractivity contribution in [2.24, 2.45) is 5.92 Å². The smallest absolute Gasteiger partial charge is 0.0164 e. The van der Waals surface area contributed by atoms with Gasteiger partial charge >= 0.3 is 0 Å². The van der Waals surface area contributed by atoms with E-state index >= 15 is 0 Å². The summed E-state index contributed by atoms with van der Waals surface area (Å²) >= 11 is 0. The third-order valence-corrected chi connectivity index (χ3v) is 3.96. The average molecular weight is 232 g/mol. The molecule has 1 aliphatic carbocycles. The maximum atomic E-state index is 2.44. The highest BCUT2D eigenvalue weighted by Gasteiger charge is 2.08. The van der Waals surface area contributed by atoms with Crippen LogP contribution in [0.5, 0.6) is 0 Å². The van der Waals surface area contributed by atoms with E-state index < -0.39 is 0 Å².